The largest absolute Gasteiger partial charge is 0.389 e. The second-order valence-electron chi connectivity index (χ2n) is 5.25. The zero-order chi connectivity index (χ0) is 13.2. The SMILES string of the molecule is Cc1cc(CS(=O)(=O)CC2(O)CCCCC2)no1. The maximum absolute atomic E-state index is 12.0. The minimum Gasteiger partial charge on any atom is -0.389 e. The summed E-state index contributed by atoms with van der Waals surface area (Å²) < 4.78 is 28.9. The lowest BCUT2D eigenvalue weighted by molar-refractivity contribution is 0.0257. The second-order valence-corrected chi connectivity index (χ2v) is 7.31. The van der Waals surface area contributed by atoms with Gasteiger partial charge in [0.05, 0.1) is 22.8 Å². The lowest BCUT2D eigenvalue weighted by atomic mass is 9.86. The molecule has 1 heterocycles. The van der Waals surface area contributed by atoms with Gasteiger partial charge in [0.15, 0.2) is 9.84 Å². The average Bonchev–Trinajstić information content (AvgIpc) is 2.62. The van der Waals surface area contributed by atoms with Crippen LogP contribution >= 0.6 is 0 Å². The molecular weight excluding hydrogens is 254 g/mol. The molecule has 0 saturated heterocycles. The van der Waals surface area contributed by atoms with E-state index in [2.05, 4.69) is 5.16 Å². The van der Waals surface area contributed by atoms with E-state index in [9.17, 15) is 13.5 Å². The van der Waals surface area contributed by atoms with Crippen molar-refractivity contribution in [2.75, 3.05) is 5.75 Å². The maximum atomic E-state index is 12.0. The summed E-state index contributed by atoms with van der Waals surface area (Å²) in [5, 5.41) is 13.9. The molecule has 0 radical (unpaired) electrons. The van der Waals surface area contributed by atoms with Crippen LogP contribution in [-0.4, -0.2) is 30.0 Å². The number of aryl methyl sites for hydroxylation is 1. The third-order valence-corrected chi connectivity index (χ3v) is 5.03. The molecule has 1 fully saturated rings. The fourth-order valence-corrected chi connectivity index (χ4v) is 4.32. The van der Waals surface area contributed by atoms with Crippen LogP contribution in [0.15, 0.2) is 10.6 Å². The first kappa shape index (κ1) is 13.5. The van der Waals surface area contributed by atoms with Crippen molar-refractivity contribution in [2.45, 2.75) is 50.4 Å². The Morgan fingerprint density at radius 2 is 2.06 bits per heavy atom. The van der Waals surface area contributed by atoms with Crippen LogP contribution in [0.4, 0.5) is 0 Å². The van der Waals surface area contributed by atoms with Gasteiger partial charge in [0.1, 0.15) is 5.76 Å². The van der Waals surface area contributed by atoms with Crippen LogP contribution in [0.3, 0.4) is 0 Å². The van der Waals surface area contributed by atoms with Gasteiger partial charge in [-0.1, -0.05) is 24.4 Å². The van der Waals surface area contributed by atoms with Crippen LogP contribution in [0.1, 0.15) is 43.6 Å². The van der Waals surface area contributed by atoms with Gasteiger partial charge in [-0.15, -0.1) is 0 Å². The zero-order valence-electron chi connectivity index (χ0n) is 10.6. The molecule has 102 valence electrons. The molecule has 18 heavy (non-hydrogen) atoms. The smallest absolute Gasteiger partial charge is 0.158 e. The highest BCUT2D eigenvalue weighted by Gasteiger charge is 2.34. The van der Waals surface area contributed by atoms with Crippen LogP contribution in [0.5, 0.6) is 0 Å². The van der Waals surface area contributed by atoms with Gasteiger partial charge >= 0.3 is 0 Å². The summed E-state index contributed by atoms with van der Waals surface area (Å²) in [5.41, 5.74) is -0.637. The van der Waals surface area contributed by atoms with Crippen LogP contribution in [-0.2, 0) is 15.6 Å². The summed E-state index contributed by atoms with van der Waals surface area (Å²) in [4.78, 5) is 0. The summed E-state index contributed by atoms with van der Waals surface area (Å²) in [6.45, 7) is 1.72. The lowest BCUT2D eigenvalue weighted by Crippen LogP contribution is -2.39. The third kappa shape index (κ3) is 3.55. The summed E-state index contributed by atoms with van der Waals surface area (Å²) in [7, 11) is -3.35. The van der Waals surface area contributed by atoms with Gasteiger partial charge in [-0.2, -0.15) is 0 Å². The highest BCUT2D eigenvalue weighted by atomic mass is 32.2. The Kier molecular flexibility index (Phi) is 3.77. The number of aliphatic hydroxyl groups is 1. The monoisotopic (exact) mass is 273 g/mol. The molecule has 5 nitrogen and oxygen atoms in total. The highest BCUT2D eigenvalue weighted by molar-refractivity contribution is 7.90. The molecule has 2 rings (SSSR count). The minimum atomic E-state index is -3.35. The molecule has 1 aromatic rings. The van der Waals surface area contributed by atoms with Crippen LogP contribution < -0.4 is 0 Å². The fourth-order valence-electron chi connectivity index (χ4n) is 2.53. The molecular formula is C12H19NO4S. The normalized spacial score (nSPS) is 19.9. The Morgan fingerprint density at radius 1 is 1.39 bits per heavy atom. The summed E-state index contributed by atoms with van der Waals surface area (Å²) >= 11 is 0. The second kappa shape index (κ2) is 5.01. The average molecular weight is 273 g/mol. The molecule has 1 aliphatic rings. The van der Waals surface area contributed by atoms with E-state index in [1.54, 1.807) is 13.0 Å². The molecule has 0 bridgehead atoms. The van der Waals surface area contributed by atoms with E-state index in [0.29, 0.717) is 24.3 Å². The molecule has 0 aromatic carbocycles. The van der Waals surface area contributed by atoms with Crippen LogP contribution in [0, 0.1) is 6.92 Å². The first-order chi connectivity index (χ1) is 8.39. The summed E-state index contributed by atoms with van der Waals surface area (Å²) in [5.74, 6) is 0.259. The van der Waals surface area contributed by atoms with Crippen LogP contribution in [0.25, 0.3) is 0 Å². The maximum Gasteiger partial charge on any atom is 0.158 e. The molecule has 0 aliphatic heterocycles. The van der Waals surface area contributed by atoms with Crippen molar-refractivity contribution in [3.63, 3.8) is 0 Å². The van der Waals surface area contributed by atoms with Crippen molar-refractivity contribution in [1.29, 1.82) is 0 Å². The molecule has 1 aromatic heterocycles. The Hall–Kier alpha value is -0.880. The number of rotatable bonds is 4. The predicted octanol–water partition coefficient (Wildman–Crippen LogP) is 1.59. The molecule has 0 unspecified atom stereocenters. The molecule has 0 spiro atoms. The van der Waals surface area contributed by atoms with Crippen molar-refractivity contribution < 1.29 is 18.0 Å². The first-order valence-electron chi connectivity index (χ1n) is 6.24. The molecule has 1 saturated carbocycles. The number of sulfone groups is 1. The van der Waals surface area contributed by atoms with E-state index in [-0.39, 0.29) is 11.5 Å². The van der Waals surface area contributed by atoms with Crippen molar-refractivity contribution >= 4 is 9.84 Å². The zero-order valence-corrected chi connectivity index (χ0v) is 11.4. The van der Waals surface area contributed by atoms with Crippen LogP contribution in [0.2, 0.25) is 0 Å². The fraction of sp³-hybridized carbons (Fsp3) is 0.750. The topological polar surface area (TPSA) is 80.4 Å². The van der Waals surface area contributed by atoms with Crippen molar-refractivity contribution in [3.05, 3.63) is 17.5 Å². The van der Waals surface area contributed by atoms with Gasteiger partial charge in [-0.3, -0.25) is 0 Å². The van der Waals surface area contributed by atoms with Gasteiger partial charge in [-0.05, 0) is 19.8 Å². The number of aromatic nitrogens is 1. The van der Waals surface area contributed by atoms with Gasteiger partial charge in [0.25, 0.3) is 0 Å². The van der Waals surface area contributed by atoms with E-state index < -0.39 is 15.4 Å². The Balaban J connectivity index is 2.02. The lowest BCUT2D eigenvalue weighted by Gasteiger charge is -2.31. The third-order valence-electron chi connectivity index (χ3n) is 3.32. The van der Waals surface area contributed by atoms with Crippen molar-refractivity contribution in [3.8, 4) is 0 Å². The quantitative estimate of drug-likeness (QED) is 0.901. The number of hydrogen-bond donors (Lipinski definition) is 1. The highest BCUT2D eigenvalue weighted by Crippen LogP contribution is 2.30. The van der Waals surface area contributed by atoms with Gasteiger partial charge in [-0.25, -0.2) is 8.42 Å². The van der Waals surface area contributed by atoms with E-state index >= 15 is 0 Å². The predicted molar refractivity (Wildman–Crippen MR) is 66.8 cm³/mol. The van der Waals surface area contributed by atoms with Gasteiger partial charge in [0, 0.05) is 6.07 Å². The summed E-state index contributed by atoms with van der Waals surface area (Å²) in [6.07, 6.45) is 4.02. The minimum absolute atomic E-state index is 0.160. The standard InChI is InChI=1S/C12H19NO4S/c1-10-7-11(13-17-10)8-18(15,16)9-12(14)5-3-2-4-6-12/h7,14H,2-6,8-9H2,1H3. The van der Waals surface area contributed by atoms with Gasteiger partial charge in [0.2, 0.25) is 0 Å². The Labute approximate surface area is 107 Å². The van der Waals surface area contributed by atoms with Crippen molar-refractivity contribution in [2.24, 2.45) is 0 Å². The molecule has 6 heteroatoms. The molecule has 0 amide bonds. The first-order valence-corrected chi connectivity index (χ1v) is 8.06. The molecule has 1 N–H and O–H groups in total. The Morgan fingerprint density at radius 3 is 2.61 bits per heavy atom. The van der Waals surface area contributed by atoms with E-state index in [1.807, 2.05) is 0 Å². The van der Waals surface area contributed by atoms with Crippen molar-refractivity contribution in [1.82, 2.24) is 5.16 Å². The molecule has 0 atom stereocenters. The van der Waals surface area contributed by atoms with Gasteiger partial charge < -0.3 is 9.63 Å². The molecule has 1 aliphatic carbocycles. The van der Waals surface area contributed by atoms with E-state index in [4.69, 9.17) is 4.52 Å². The van der Waals surface area contributed by atoms with E-state index in [0.717, 1.165) is 19.3 Å². The number of hydrogen-bond acceptors (Lipinski definition) is 5. The number of nitrogens with zero attached hydrogens (tertiary/aromatic N) is 1. The summed E-state index contributed by atoms with van der Waals surface area (Å²) in [6, 6.07) is 1.61. The van der Waals surface area contributed by atoms with E-state index in [1.165, 1.54) is 0 Å². The Bertz CT molecular complexity index is 500.